The van der Waals surface area contributed by atoms with Crippen LogP contribution in [0.1, 0.15) is 19.3 Å². The second kappa shape index (κ2) is 6.81. The molecule has 1 fully saturated rings. The van der Waals surface area contributed by atoms with Gasteiger partial charge in [-0.2, -0.15) is 0 Å². The zero-order valence-electron chi connectivity index (χ0n) is 9.41. The molecule has 2 unspecified atom stereocenters. The first-order chi connectivity index (χ1) is 7.27. The number of hydrazine groups is 1. The molecule has 0 bridgehead atoms. The molecule has 1 aliphatic rings. The molecular weight excluding hydrogens is 190 g/mol. The van der Waals surface area contributed by atoms with Crippen molar-refractivity contribution in [3.8, 4) is 12.3 Å². The van der Waals surface area contributed by atoms with Crippen LogP contribution in [0.5, 0.6) is 0 Å². The highest BCUT2D eigenvalue weighted by atomic mass is 16.5. The molecule has 0 aromatic heterocycles. The number of unbranched alkanes of at least 4 members (excludes halogenated alkanes) is 1. The number of rotatable bonds is 5. The lowest BCUT2D eigenvalue weighted by Gasteiger charge is -2.34. The third-order valence-electron chi connectivity index (χ3n) is 2.80. The Morgan fingerprint density at radius 2 is 2.53 bits per heavy atom. The number of nitrogens with two attached hydrogens (primary N) is 1. The van der Waals surface area contributed by atoms with Crippen LogP contribution in [0.15, 0.2) is 0 Å². The van der Waals surface area contributed by atoms with Crippen LogP contribution in [-0.2, 0) is 4.74 Å². The number of terminal acetylenes is 1. The van der Waals surface area contributed by atoms with E-state index in [0.717, 1.165) is 39.0 Å². The molecule has 0 saturated carbocycles. The zero-order valence-corrected chi connectivity index (χ0v) is 9.41. The number of nitrogens with zero attached hydrogens (tertiary/aromatic N) is 1. The summed E-state index contributed by atoms with van der Waals surface area (Å²) in [5.41, 5.74) is 2.83. The van der Waals surface area contributed by atoms with Gasteiger partial charge < -0.3 is 9.64 Å². The summed E-state index contributed by atoms with van der Waals surface area (Å²) in [5, 5.41) is 0. The van der Waals surface area contributed by atoms with Gasteiger partial charge >= 0.3 is 0 Å². The molecule has 0 aromatic carbocycles. The molecule has 0 amide bonds. The van der Waals surface area contributed by atoms with Gasteiger partial charge in [-0.05, 0) is 19.9 Å². The van der Waals surface area contributed by atoms with Gasteiger partial charge in [0.1, 0.15) is 0 Å². The molecule has 0 aromatic rings. The van der Waals surface area contributed by atoms with Crippen molar-refractivity contribution < 1.29 is 4.74 Å². The van der Waals surface area contributed by atoms with Crippen molar-refractivity contribution in [2.75, 3.05) is 26.7 Å². The van der Waals surface area contributed by atoms with Crippen LogP contribution in [0.25, 0.3) is 0 Å². The summed E-state index contributed by atoms with van der Waals surface area (Å²) < 4.78 is 5.70. The Kier molecular flexibility index (Phi) is 5.66. The number of hydrogen-bond acceptors (Lipinski definition) is 4. The molecule has 3 N–H and O–H groups in total. The Morgan fingerprint density at radius 3 is 3.13 bits per heavy atom. The van der Waals surface area contributed by atoms with Crippen molar-refractivity contribution >= 4 is 0 Å². The van der Waals surface area contributed by atoms with E-state index in [1.807, 2.05) is 0 Å². The Bertz CT molecular complexity index is 214. The predicted molar refractivity (Wildman–Crippen MR) is 61.0 cm³/mol. The maximum absolute atomic E-state index is 5.70. The molecule has 2 atom stereocenters. The quantitative estimate of drug-likeness (QED) is 0.290. The number of nitrogens with one attached hydrogen (secondary N) is 1. The van der Waals surface area contributed by atoms with Gasteiger partial charge in [0.15, 0.2) is 0 Å². The molecule has 1 aliphatic heterocycles. The Morgan fingerprint density at radius 1 is 1.73 bits per heavy atom. The van der Waals surface area contributed by atoms with Crippen molar-refractivity contribution in [3.05, 3.63) is 0 Å². The second-order valence-electron chi connectivity index (χ2n) is 4.04. The monoisotopic (exact) mass is 211 g/mol. The SMILES string of the molecule is C#CCCCC(NN)C1CN(C)CCO1. The topological polar surface area (TPSA) is 50.5 Å². The summed E-state index contributed by atoms with van der Waals surface area (Å²) in [6.45, 7) is 2.72. The summed E-state index contributed by atoms with van der Waals surface area (Å²) in [6, 6.07) is 0.209. The summed E-state index contributed by atoms with van der Waals surface area (Å²) in [4.78, 5) is 2.26. The van der Waals surface area contributed by atoms with Crippen LogP contribution >= 0.6 is 0 Å². The summed E-state index contributed by atoms with van der Waals surface area (Å²) >= 11 is 0. The molecule has 86 valence electrons. The molecule has 0 spiro atoms. The van der Waals surface area contributed by atoms with Crippen LogP contribution in [0.3, 0.4) is 0 Å². The third-order valence-corrected chi connectivity index (χ3v) is 2.80. The van der Waals surface area contributed by atoms with Crippen LogP contribution < -0.4 is 11.3 Å². The van der Waals surface area contributed by atoms with E-state index in [1.54, 1.807) is 0 Å². The van der Waals surface area contributed by atoms with Gasteiger partial charge in [-0.3, -0.25) is 11.3 Å². The van der Waals surface area contributed by atoms with E-state index >= 15 is 0 Å². The molecule has 1 rings (SSSR count). The summed E-state index contributed by atoms with van der Waals surface area (Å²) in [7, 11) is 2.10. The number of morpholine rings is 1. The van der Waals surface area contributed by atoms with E-state index in [9.17, 15) is 0 Å². The van der Waals surface area contributed by atoms with Gasteiger partial charge in [-0.25, -0.2) is 0 Å². The van der Waals surface area contributed by atoms with Gasteiger partial charge in [0.05, 0.1) is 12.7 Å². The van der Waals surface area contributed by atoms with Crippen LogP contribution in [0.2, 0.25) is 0 Å². The fraction of sp³-hybridized carbons (Fsp3) is 0.818. The first-order valence-electron chi connectivity index (χ1n) is 5.47. The van der Waals surface area contributed by atoms with E-state index in [4.69, 9.17) is 17.0 Å². The maximum Gasteiger partial charge on any atom is 0.0868 e. The van der Waals surface area contributed by atoms with Crippen LogP contribution in [-0.4, -0.2) is 43.8 Å². The number of hydrogen-bond donors (Lipinski definition) is 2. The lowest BCUT2D eigenvalue weighted by molar-refractivity contribution is -0.0401. The molecule has 1 saturated heterocycles. The molecule has 15 heavy (non-hydrogen) atoms. The molecular formula is C11H21N3O. The van der Waals surface area contributed by atoms with Gasteiger partial charge in [-0.15, -0.1) is 12.3 Å². The molecule has 0 radical (unpaired) electrons. The average molecular weight is 211 g/mol. The normalized spacial score (nSPS) is 24.7. The molecule has 4 nitrogen and oxygen atoms in total. The van der Waals surface area contributed by atoms with Gasteiger partial charge in [0.2, 0.25) is 0 Å². The second-order valence-corrected chi connectivity index (χ2v) is 4.04. The summed E-state index contributed by atoms with van der Waals surface area (Å²) in [6.07, 6.45) is 8.17. The smallest absolute Gasteiger partial charge is 0.0868 e. The van der Waals surface area contributed by atoms with Crippen molar-refractivity contribution in [3.63, 3.8) is 0 Å². The van der Waals surface area contributed by atoms with Gasteiger partial charge in [0.25, 0.3) is 0 Å². The van der Waals surface area contributed by atoms with E-state index < -0.39 is 0 Å². The Balaban J connectivity index is 2.33. The zero-order chi connectivity index (χ0) is 11.1. The highest BCUT2D eigenvalue weighted by molar-refractivity contribution is 4.86. The van der Waals surface area contributed by atoms with E-state index in [-0.39, 0.29) is 12.1 Å². The summed E-state index contributed by atoms with van der Waals surface area (Å²) in [5.74, 6) is 8.17. The standard InChI is InChI=1S/C11H21N3O/c1-3-4-5-6-10(13-12)11-9-14(2)7-8-15-11/h1,10-11,13H,4-9,12H2,2H3. The number of likely N-dealkylation sites (N-methyl/N-ethyl adjacent to an activating group) is 1. The first-order valence-corrected chi connectivity index (χ1v) is 5.47. The highest BCUT2D eigenvalue weighted by Gasteiger charge is 2.25. The molecule has 1 heterocycles. The predicted octanol–water partition coefficient (Wildman–Crippen LogP) is -0.0476. The van der Waals surface area contributed by atoms with E-state index in [1.165, 1.54) is 0 Å². The Hall–Kier alpha value is -0.600. The van der Waals surface area contributed by atoms with Gasteiger partial charge in [-0.1, -0.05) is 0 Å². The van der Waals surface area contributed by atoms with Crippen molar-refractivity contribution in [2.24, 2.45) is 5.84 Å². The lowest BCUT2D eigenvalue weighted by Crippen LogP contribution is -2.53. The fourth-order valence-corrected chi connectivity index (χ4v) is 1.86. The largest absolute Gasteiger partial charge is 0.374 e. The van der Waals surface area contributed by atoms with Crippen molar-refractivity contribution in [1.29, 1.82) is 0 Å². The minimum atomic E-state index is 0.187. The average Bonchev–Trinajstić information content (AvgIpc) is 2.24. The molecule has 4 heteroatoms. The highest BCUT2D eigenvalue weighted by Crippen LogP contribution is 2.12. The minimum Gasteiger partial charge on any atom is -0.374 e. The maximum atomic E-state index is 5.70. The lowest BCUT2D eigenvalue weighted by atomic mass is 10.0. The van der Waals surface area contributed by atoms with Crippen molar-refractivity contribution in [1.82, 2.24) is 10.3 Å². The minimum absolute atomic E-state index is 0.187. The van der Waals surface area contributed by atoms with Crippen molar-refractivity contribution in [2.45, 2.75) is 31.4 Å². The third kappa shape index (κ3) is 4.18. The van der Waals surface area contributed by atoms with E-state index in [0.29, 0.717) is 0 Å². The fourth-order valence-electron chi connectivity index (χ4n) is 1.86. The van der Waals surface area contributed by atoms with Crippen LogP contribution in [0, 0.1) is 12.3 Å². The molecule has 0 aliphatic carbocycles. The van der Waals surface area contributed by atoms with Crippen LogP contribution in [0.4, 0.5) is 0 Å². The van der Waals surface area contributed by atoms with E-state index in [2.05, 4.69) is 23.3 Å². The Labute approximate surface area is 92.1 Å². The first kappa shape index (κ1) is 12.5. The van der Waals surface area contributed by atoms with Gasteiger partial charge in [0, 0.05) is 25.6 Å². The number of ether oxygens (including phenoxy) is 1.